The van der Waals surface area contributed by atoms with Crippen molar-refractivity contribution in [1.29, 1.82) is 5.26 Å². The van der Waals surface area contributed by atoms with Gasteiger partial charge in [0.25, 0.3) is 5.91 Å². The van der Waals surface area contributed by atoms with E-state index in [1.165, 1.54) is 0 Å². The van der Waals surface area contributed by atoms with Crippen molar-refractivity contribution in [2.75, 3.05) is 26.2 Å². The van der Waals surface area contributed by atoms with Crippen LogP contribution >= 0.6 is 0 Å². The Morgan fingerprint density at radius 1 is 1.20 bits per heavy atom. The van der Waals surface area contributed by atoms with Gasteiger partial charge in [-0.1, -0.05) is 6.07 Å². The maximum absolute atomic E-state index is 12.3. The lowest BCUT2D eigenvalue weighted by Gasteiger charge is -2.21. The molecule has 20 heavy (non-hydrogen) atoms. The van der Waals surface area contributed by atoms with Gasteiger partial charge in [0, 0.05) is 32.4 Å². The topological polar surface area (TPSA) is 77.3 Å². The van der Waals surface area contributed by atoms with E-state index in [2.05, 4.69) is 4.98 Å². The first-order valence-corrected chi connectivity index (χ1v) is 6.57. The monoisotopic (exact) mass is 272 g/mol. The molecule has 6 nitrogen and oxygen atoms in total. The molecule has 0 aromatic carbocycles. The summed E-state index contributed by atoms with van der Waals surface area (Å²) in [6.45, 7) is 2.14. The molecular weight excluding hydrogens is 256 g/mol. The number of carbonyl (C=O) groups is 2. The van der Waals surface area contributed by atoms with E-state index in [4.69, 9.17) is 5.26 Å². The third-order valence-corrected chi connectivity index (χ3v) is 3.25. The van der Waals surface area contributed by atoms with Gasteiger partial charge in [-0.05, 0) is 18.6 Å². The second kappa shape index (κ2) is 6.66. The molecule has 0 atom stereocenters. The Morgan fingerprint density at radius 2 is 1.95 bits per heavy atom. The van der Waals surface area contributed by atoms with E-state index in [0.717, 1.165) is 6.42 Å². The van der Waals surface area contributed by atoms with E-state index >= 15 is 0 Å². The molecule has 1 aliphatic heterocycles. The Balaban J connectivity index is 1.98. The maximum Gasteiger partial charge on any atom is 0.272 e. The van der Waals surface area contributed by atoms with Crippen LogP contribution in [-0.2, 0) is 4.79 Å². The average molecular weight is 272 g/mol. The van der Waals surface area contributed by atoms with E-state index in [1.54, 1.807) is 34.2 Å². The van der Waals surface area contributed by atoms with Crippen molar-refractivity contribution in [3.05, 3.63) is 30.1 Å². The molecule has 0 unspecified atom stereocenters. The molecule has 1 saturated heterocycles. The predicted octanol–water partition coefficient (Wildman–Crippen LogP) is 0.670. The number of amides is 2. The SMILES string of the molecule is N#CCC(=O)N1CCCN(C(=O)c2ccccn2)CC1. The van der Waals surface area contributed by atoms with Crippen LogP contribution in [0.25, 0.3) is 0 Å². The molecule has 0 saturated carbocycles. The summed E-state index contributed by atoms with van der Waals surface area (Å²) in [4.78, 5) is 31.4. The predicted molar refractivity (Wildman–Crippen MR) is 71.6 cm³/mol. The van der Waals surface area contributed by atoms with Crippen molar-refractivity contribution in [1.82, 2.24) is 14.8 Å². The summed E-state index contributed by atoms with van der Waals surface area (Å²) in [6, 6.07) is 7.09. The fraction of sp³-hybridized carbons (Fsp3) is 0.429. The zero-order valence-corrected chi connectivity index (χ0v) is 11.2. The van der Waals surface area contributed by atoms with Crippen LogP contribution in [0.1, 0.15) is 23.3 Å². The summed E-state index contributed by atoms with van der Waals surface area (Å²) >= 11 is 0. The molecule has 2 heterocycles. The third kappa shape index (κ3) is 3.32. The number of aromatic nitrogens is 1. The summed E-state index contributed by atoms with van der Waals surface area (Å²) in [5, 5.41) is 8.56. The van der Waals surface area contributed by atoms with Crippen LogP contribution in [0.3, 0.4) is 0 Å². The minimum Gasteiger partial charge on any atom is -0.340 e. The maximum atomic E-state index is 12.3. The van der Waals surface area contributed by atoms with Crippen LogP contribution in [0.15, 0.2) is 24.4 Å². The van der Waals surface area contributed by atoms with Gasteiger partial charge in [0.15, 0.2) is 0 Å². The van der Waals surface area contributed by atoms with Crippen LogP contribution in [0, 0.1) is 11.3 Å². The Morgan fingerprint density at radius 3 is 2.65 bits per heavy atom. The van der Waals surface area contributed by atoms with Crippen molar-refractivity contribution in [2.24, 2.45) is 0 Å². The molecule has 104 valence electrons. The Bertz CT molecular complexity index is 524. The summed E-state index contributed by atoms with van der Waals surface area (Å²) in [6.07, 6.45) is 2.21. The molecule has 0 aliphatic carbocycles. The lowest BCUT2D eigenvalue weighted by molar-refractivity contribution is -0.129. The van der Waals surface area contributed by atoms with E-state index in [-0.39, 0.29) is 18.2 Å². The molecule has 6 heteroatoms. The number of hydrogen-bond acceptors (Lipinski definition) is 4. The number of carbonyl (C=O) groups excluding carboxylic acids is 2. The third-order valence-electron chi connectivity index (χ3n) is 3.25. The quantitative estimate of drug-likeness (QED) is 0.792. The summed E-state index contributed by atoms with van der Waals surface area (Å²) < 4.78 is 0. The van der Waals surface area contributed by atoms with Crippen LogP contribution in [0.4, 0.5) is 0 Å². The van der Waals surface area contributed by atoms with Crippen LogP contribution < -0.4 is 0 Å². The number of nitrogens with zero attached hydrogens (tertiary/aromatic N) is 4. The largest absolute Gasteiger partial charge is 0.340 e. The molecule has 2 rings (SSSR count). The minimum absolute atomic E-state index is 0.103. The Kier molecular flexibility index (Phi) is 4.66. The highest BCUT2D eigenvalue weighted by Crippen LogP contribution is 2.08. The first-order chi connectivity index (χ1) is 9.72. The Labute approximate surface area is 117 Å². The molecule has 1 aliphatic rings. The van der Waals surface area contributed by atoms with Gasteiger partial charge < -0.3 is 9.80 Å². The number of hydrogen-bond donors (Lipinski definition) is 0. The summed E-state index contributed by atoms with van der Waals surface area (Å²) in [5.41, 5.74) is 0.421. The minimum atomic E-state index is -0.167. The highest BCUT2D eigenvalue weighted by Gasteiger charge is 2.22. The molecular formula is C14H16N4O2. The zero-order valence-electron chi connectivity index (χ0n) is 11.2. The molecule has 0 bridgehead atoms. The van der Waals surface area contributed by atoms with E-state index in [9.17, 15) is 9.59 Å². The average Bonchev–Trinajstić information content (AvgIpc) is 2.73. The standard InChI is InChI=1S/C14H16N4O2/c15-6-5-13(19)17-8-3-9-18(11-10-17)14(20)12-4-1-2-7-16-12/h1-2,4,7H,3,5,8-11H2. The van der Waals surface area contributed by atoms with Gasteiger partial charge in [0.2, 0.25) is 5.91 Å². The van der Waals surface area contributed by atoms with Crippen molar-refractivity contribution in [3.63, 3.8) is 0 Å². The lowest BCUT2D eigenvalue weighted by Crippen LogP contribution is -2.37. The zero-order chi connectivity index (χ0) is 14.4. The molecule has 1 aromatic heterocycles. The van der Waals surface area contributed by atoms with Crippen LogP contribution in [0.5, 0.6) is 0 Å². The van der Waals surface area contributed by atoms with Crippen molar-refractivity contribution >= 4 is 11.8 Å². The smallest absolute Gasteiger partial charge is 0.272 e. The molecule has 1 fully saturated rings. The number of pyridine rings is 1. The van der Waals surface area contributed by atoms with Crippen molar-refractivity contribution < 1.29 is 9.59 Å². The van der Waals surface area contributed by atoms with E-state index < -0.39 is 0 Å². The van der Waals surface area contributed by atoms with Gasteiger partial charge in [-0.2, -0.15) is 5.26 Å². The fourth-order valence-corrected chi connectivity index (χ4v) is 2.20. The molecule has 2 amide bonds. The highest BCUT2D eigenvalue weighted by molar-refractivity contribution is 5.92. The molecule has 0 N–H and O–H groups in total. The molecule has 0 radical (unpaired) electrons. The lowest BCUT2D eigenvalue weighted by atomic mass is 10.3. The van der Waals surface area contributed by atoms with Gasteiger partial charge >= 0.3 is 0 Å². The van der Waals surface area contributed by atoms with Gasteiger partial charge in [-0.25, -0.2) is 0 Å². The Hall–Kier alpha value is -2.42. The van der Waals surface area contributed by atoms with Crippen LogP contribution in [0.2, 0.25) is 0 Å². The molecule has 1 aromatic rings. The highest BCUT2D eigenvalue weighted by atomic mass is 16.2. The number of nitriles is 1. The van der Waals surface area contributed by atoms with Crippen molar-refractivity contribution in [3.8, 4) is 6.07 Å². The fourth-order valence-electron chi connectivity index (χ4n) is 2.20. The van der Waals surface area contributed by atoms with E-state index in [1.807, 2.05) is 6.07 Å². The summed E-state index contributed by atoms with van der Waals surface area (Å²) in [7, 11) is 0. The number of rotatable bonds is 2. The van der Waals surface area contributed by atoms with Crippen LogP contribution in [-0.4, -0.2) is 52.8 Å². The van der Waals surface area contributed by atoms with E-state index in [0.29, 0.717) is 31.9 Å². The normalized spacial score (nSPS) is 15.3. The first-order valence-electron chi connectivity index (χ1n) is 6.57. The van der Waals surface area contributed by atoms with Gasteiger partial charge in [-0.3, -0.25) is 14.6 Å². The first kappa shape index (κ1) is 14.0. The summed E-state index contributed by atoms with van der Waals surface area (Å²) in [5.74, 6) is -0.278. The van der Waals surface area contributed by atoms with Gasteiger partial charge in [0.05, 0.1) is 6.07 Å². The second-order valence-electron chi connectivity index (χ2n) is 4.58. The van der Waals surface area contributed by atoms with Gasteiger partial charge in [0.1, 0.15) is 12.1 Å². The van der Waals surface area contributed by atoms with Crippen molar-refractivity contribution in [2.45, 2.75) is 12.8 Å². The molecule has 0 spiro atoms. The van der Waals surface area contributed by atoms with Gasteiger partial charge in [-0.15, -0.1) is 0 Å². The second-order valence-corrected chi connectivity index (χ2v) is 4.58.